The van der Waals surface area contributed by atoms with Gasteiger partial charge in [0.2, 0.25) is 0 Å². The molecular weight excluding hydrogens is 307 g/mol. The molecule has 5 heteroatoms. The van der Waals surface area contributed by atoms with E-state index in [1.165, 1.54) is 17.0 Å². The van der Waals surface area contributed by atoms with Gasteiger partial charge >= 0.3 is 0 Å². The molecule has 0 aliphatic carbocycles. The van der Waals surface area contributed by atoms with Crippen LogP contribution in [0.2, 0.25) is 0 Å². The molecule has 0 bridgehead atoms. The Hall–Kier alpha value is -2.69. The lowest BCUT2D eigenvalue weighted by molar-refractivity contribution is -0.116. The second-order valence-corrected chi connectivity index (χ2v) is 5.92. The van der Waals surface area contributed by atoms with Crippen LogP contribution in [0, 0.1) is 12.7 Å². The van der Waals surface area contributed by atoms with Gasteiger partial charge in [-0.2, -0.15) is 0 Å². The zero-order chi connectivity index (χ0) is 17.7. The van der Waals surface area contributed by atoms with Gasteiger partial charge in [-0.05, 0) is 48.4 Å². The van der Waals surface area contributed by atoms with Crippen LogP contribution in [-0.4, -0.2) is 37.2 Å². The number of rotatable bonds is 6. The van der Waals surface area contributed by atoms with Crippen LogP contribution in [-0.2, 0) is 11.2 Å². The number of amides is 1. The first-order valence-electron chi connectivity index (χ1n) is 7.69. The Morgan fingerprint density at radius 3 is 2.33 bits per heavy atom. The Bertz CT molecular complexity index is 740. The molecule has 0 atom stereocenters. The van der Waals surface area contributed by atoms with Gasteiger partial charge in [0.25, 0.3) is 5.91 Å². The number of halogens is 1. The number of aryl methyl sites for hydroxylation is 1. The molecule has 0 aliphatic heterocycles. The Morgan fingerprint density at radius 2 is 1.75 bits per heavy atom. The molecule has 126 valence electrons. The summed E-state index contributed by atoms with van der Waals surface area (Å²) < 4.78 is 13.1. The van der Waals surface area contributed by atoms with Crippen molar-refractivity contribution in [2.45, 2.75) is 13.3 Å². The van der Waals surface area contributed by atoms with Crippen LogP contribution in [0.15, 0.2) is 42.5 Å². The third kappa shape index (κ3) is 4.65. The molecule has 1 amide bonds. The summed E-state index contributed by atoms with van der Waals surface area (Å²) >= 11 is 0. The van der Waals surface area contributed by atoms with Crippen molar-refractivity contribution in [2.24, 2.45) is 0 Å². The maximum Gasteiger partial charge on any atom is 0.253 e. The average molecular weight is 328 g/mol. The molecular formula is C19H21FN2O2. The lowest BCUT2D eigenvalue weighted by Crippen LogP contribution is -2.21. The summed E-state index contributed by atoms with van der Waals surface area (Å²) in [6, 6.07) is 11.4. The van der Waals surface area contributed by atoms with Crippen LogP contribution in [0.3, 0.4) is 0 Å². The zero-order valence-electron chi connectivity index (χ0n) is 14.1. The van der Waals surface area contributed by atoms with Crippen molar-refractivity contribution in [3.05, 3.63) is 65.0 Å². The average Bonchev–Trinajstić information content (AvgIpc) is 2.54. The molecule has 0 saturated carbocycles. The number of carbonyl (C=O) groups is 2. The quantitative estimate of drug-likeness (QED) is 0.886. The SMILES string of the molecule is Cc1cc(F)ccc1NCC(=O)Cc1ccc(C(=O)N(C)C)cc1. The Labute approximate surface area is 141 Å². The molecule has 0 fully saturated rings. The minimum Gasteiger partial charge on any atom is -0.378 e. The first-order valence-corrected chi connectivity index (χ1v) is 7.69. The molecule has 0 unspecified atom stereocenters. The molecule has 0 saturated heterocycles. The van der Waals surface area contributed by atoms with Gasteiger partial charge < -0.3 is 10.2 Å². The number of benzene rings is 2. The summed E-state index contributed by atoms with van der Waals surface area (Å²) in [6.07, 6.45) is 0.281. The van der Waals surface area contributed by atoms with E-state index >= 15 is 0 Å². The minimum absolute atomic E-state index is 0.0189. The lowest BCUT2D eigenvalue weighted by atomic mass is 10.1. The molecule has 0 aliphatic rings. The third-order valence-electron chi connectivity index (χ3n) is 3.67. The summed E-state index contributed by atoms with van der Waals surface area (Å²) in [6.45, 7) is 1.96. The molecule has 0 radical (unpaired) electrons. The predicted octanol–water partition coefficient (Wildman–Crippen LogP) is 3.06. The Kier molecular flexibility index (Phi) is 5.68. The molecule has 4 nitrogen and oxygen atoms in total. The number of Topliss-reactive ketones (excluding diaryl/α,β-unsaturated/α-hetero) is 1. The highest BCUT2D eigenvalue weighted by atomic mass is 19.1. The lowest BCUT2D eigenvalue weighted by Gasteiger charge is -2.11. The fourth-order valence-electron chi connectivity index (χ4n) is 2.33. The highest BCUT2D eigenvalue weighted by molar-refractivity contribution is 5.94. The summed E-state index contributed by atoms with van der Waals surface area (Å²) in [5.41, 5.74) is 2.95. The van der Waals surface area contributed by atoms with E-state index < -0.39 is 0 Å². The summed E-state index contributed by atoms with van der Waals surface area (Å²) in [5.74, 6) is -0.344. The van der Waals surface area contributed by atoms with E-state index in [2.05, 4.69) is 5.32 Å². The maximum atomic E-state index is 13.1. The van der Waals surface area contributed by atoms with Crippen molar-refractivity contribution < 1.29 is 14.0 Å². The Balaban J connectivity index is 1.91. The van der Waals surface area contributed by atoms with Crippen LogP contribution in [0.4, 0.5) is 10.1 Å². The van der Waals surface area contributed by atoms with Gasteiger partial charge in [-0.15, -0.1) is 0 Å². The molecule has 1 N–H and O–H groups in total. The number of hydrogen-bond donors (Lipinski definition) is 1. The number of nitrogens with one attached hydrogen (secondary N) is 1. The highest BCUT2D eigenvalue weighted by Crippen LogP contribution is 2.15. The fourth-order valence-corrected chi connectivity index (χ4v) is 2.33. The van der Waals surface area contributed by atoms with Gasteiger partial charge in [0.1, 0.15) is 5.82 Å². The second-order valence-electron chi connectivity index (χ2n) is 5.92. The number of nitrogens with zero attached hydrogens (tertiary/aromatic N) is 1. The first-order chi connectivity index (χ1) is 11.4. The molecule has 0 spiro atoms. The van der Waals surface area contributed by atoms with Crippen LogP contribution in [0.1, 0.15) is 21.5 Å². The molecule has 24 heavy (non-hydrogen) atoms. The topological polar surface area (TPSA) is 49.4 Å². The minimum atomic E-state index is -0.295. The van der Waals surface area contributed by atoms with E-state index in [1.54, 1.807) is 51.4 Å². The van der Waals surface area contributed by atoms with Crippen molar-refractivity contribution in [3.8, 4) is 0 Å². The van der Waals surface area contributed by atoms with Crippen LogP contribution < -0.4 is 5.32 Å². The van der Waals surface area contributed by atoms with Gasteiger partial charge in [-0.1, -0.05) is 12.1 Å². The summed E-state index contributed by atoms with van der Waals surface area (Å²) in [7, 11) is 3.39. The third-order valence-corrected chi connectivity index (χ3v) is 3.67. The standard InChI is InChI=1S/C19H21FN2O2/c1-13-10-16(20)8-9-18(13)21-12-17(23)11-14-4-6-15(7-5-14)19(24)22(2)3/h4-10,21H,11-12H2,1-3H3. The van der Waals surface area contributed by atoms with Gasteiger partial charge in [0.05, 0.1) is 6.54 Å². The molecule has 0 heterocycles. The van der Waals surface area contributed by atoms with Gasteiger partial charge in [0.15, 0.2) is 5.78 Å². The molecule has 2 aromatic rings. The Morgan fingerprint density at radius 1 is 1.08 bits per heavy atom. The first kappa shape index (κ1) is 17.7. The molecule has 0 aromatic heterocycles. The normalized spacial score (nSPS) is 10.3. The van der Waals surface area contributed by atoms with E-state index in [0.717, 1.165) is 16.8 Å². The number of anilines is 1. The van der Waals surface area contributed by atoms with Crippen molar-refractivity contribution in [1.82, 2.24) is 4.90 Å². The molecule has 2 aromatic carbocycles. The van der Waals surface area contributed by atoms with E-state index in [0.29, 0.717) is 5.56 Å². The zero-order valence-corrected chi connectivity index (χ0v) is 14.1. The van der Waals surface area contributed by atoms with Crippen molar-refractivity contribution in [3.63, 3.8) is 0 Å². The summed E-state index contributed by atoms with van der Waals surface area (Å²) in [5, 5.41) is 3.03. The van der Waals surface area contributed by atoms with Crippen LogP contribution in [0.25, 0.3) is 0 Å². The van der Waals surface area contributed by atoms with Crippen LogP contribution >= 0.6 is 0 Å². The fraction of sp³-hybridized carbons (Fsp3) is 0.263. The maximum absolute atomic E-state index is 13.1. The van der Waals surface area contributed by atoms with Crippen LogP contribution in [0.5, 0.6) is 0 Å². The number of carbonyl (C=O) groups excluding carboxylic acids is 2. The van der Waals surface area contributed by atoms with Crippen molar-refractivity contribution in [1.29, 1.82) is 0 Å². The van der Waals surface area contributed by atoms with E-state index in [1.807, 2.05) is 0 Å². The predicted molar refractivity (Wildman–Crippen MR) is 92.8 cm³/mol. The van der Waals surface area contributed by atoms with E-state index in [-0.39, 0.29) is 30.5 Å². The number of hydrogen-bond acceptors (Lipinski definition) is 3. The van der Waals surface area contributed by atoms with Crippen molar-refractivity contribution in [2.75, 3.05) is 26.0 Å². The van der Waals surface area contributed by atoms with Gasteiger partial charge in [-0.25, -0.2) is 4.39 Å². The van der Waals surface area contributed by atoms with Gasteiger partial charge in [0, 0.05) is 31.8 Å². The molecule has 2 rings (SSSR count). The summed E-state index contributed by atoms with van der Waals surface area (Å²) in [4.78, 5) is 25.4. The highest BCUT2D eigenvalue weighted by Gasteiger charge is 2.09. The number of ketones is 1. The van der Waals surface area contributed by atoms with E-state index in [4.69, 9.17) is 0 Å². The second kappa shape index (κ2) is 7.73. The smallest absolute Gasteiger partial charge is 0.253 e. The largest absolute Gasteiger partial charge is 0.378 e. The van der Waals surface area contributed by atoms with Gasteiger partial charge in [-0.3, -0.25) is 9.59 Å². The van der Waals surface area contributed by atoms with Crippen molar-refractivity contribution >= 4 is 17.4 Å². The van der Waals surface area contributed by atoms with E-state index in [9.17, 15) is 14.0 Å². The monoisotopic (exact) mass is 328 g/mol.